The lowest BCUT2D eigenvalue weighted by molar-refractivity contribution is -0.386. The molecule has 3 rings (SSSR count). The van der Waals surface area contributed by atoms with Gasteiger partial charge < -0.3 is 10.1 Å². The average molecular weight is 312 g/mol. The average Bonchev–Trinajstić information content (AvgIpc) is 2.58. The van der Waals surface area contributed by atoms with Crippen molar-refractivity contribution >= 4 is 17.6 Å². The summed E-state index contributed by atoms with van der Waals surface area (Å²) in [4.78, 5) is 34.3. The van der Waals surface area contributed by atoms with Crippen LogP contribution in [0.3, 0.4) is 0 Å². The van der Waals surface area contributed by atoms with E-state index >= 15 is 0 Å². The highest BCUT2D eigenvalue weighted by atomic mass is 16.6. The van der Waals surface area contributed by atoms with Gasteiger partial charge in [0.05, 0.1) is 16.1 Å². The molecule has 0 saturated carbocycles. The second-order valence-corrected chi connectivity index (χ2v) is 4.99. The number of amides is 1. The van der Waals surface area contributed by atoms with Gasteiger partial charge in [-0.05, 0) is 18.2 Å². The van der Waals surface area contributed by atoms with Gasteiger partial charge in [-0.25, -0.2) is 4.79 Å². The van der Waals surface area contributed by atoms with Crippen molar-refractivity contribution in [3.05, 3.63) is 75.8 Å². The van der Waals surface area contributed by atoms with E-state index < -0.39 is 28.9 Å². The number of esters is 1. The molecule has 1 fully saturated rings. The number of carbonyl (C=O) groups excluding carboxylic acids is 2. The third kappa shape index (κ3) is 2.76. The number of para-hydroxylation sites is 1. The number of nitro groups is 1. The first kappa shape index (κ1) is 14.7. The summed E-state index contributed by atoms with van der Waals surface area (Å²) in [6.07, 6.45) is -1.08. The van der Waals surface area contributed by atoms with Crippen LogP contribution in [0.15, 0.2) is 54.6 Å². The van der Waals surface area contributed by atoms with Crippen LogP contribution in [-0.2, 0) is 9.53 Å². The molecule has 0 unspecified atom stereocenters. The van der Waals surface area contributed by atoms with Crippen molar-refractivity contribution in [1.82, 2.24) is 5.32 Å². The lowest BCUT2D eigenvalue weighted by Gasteiger charge is -2.35. The predicted octanol–water partition coefficient (Wildman–Crippen LogP) is 1.99. The van der Waals surface area contributed by atoms with Gasteiger partial charge in [-0.2, -0.15) is 0 Å². The molecule has 0 aromatic heterocycles. The fourth-order valence-corrected chi connectivity index (χ4v) is 2.40. The Labute approximate surface area is 131 Å². The van der Waals surface area contributed by atoms with Gasteiger partial charge in [-0.1, -0.05) is 30.3 Å². The first-order valence-corrected chi connectivity index (χ1v) is 6.87. The van der Waals surface area contributed by atoms with Crippen LogP contribution in [0.5, 0.6) is 0 Å². The monoisotopic (exact) mass is 312 g/mol. The fourth-order valence-electron chi connectivity index (χ4n) is 2.40. The van der Waals surface area contributed by atoms with E-state index in [2.05, 4.69) is 5.32 Å². The Morgan fingerprint density at radius 2 is 1.74 bits per heavy atom. The van der Waals surface area contributed by atoms with Crippen molar-refractivity contribution in [2.75, 3.05) is 0 Å². The molecule has 1 aliphatic rings. The molecule has 0 radical (unpaired) electrons. The number of hydrogen-bond donors (Lipinski definition) is 1. The van der Waals surface area contributed by atoms with E-state index in [4.69, 9.17) is 4.74 Å². The minimum Gasteiger partial charge on any atom is -0.446 e. The minimum atomic E-state index is -1.08. The minimum absolute atomic E-state index is 0.127. The molecule has 0 aliphatic carbocycles. The van der Waals surface area contributed by atoms with Crippen molar-refractivity contribution in [3.8, 4) is 0 Å². The zero-order valence-corrected chi connectivity index (χ0v) is 11.8. The normalized spacial score (nSPS) is 19.4. The largest absolute Gasteiger partial charge is 0.446 e. The molecule has 7 nitrogen and oxygen atoms in total. The number of nitro benzene ring substituents is 1. The summed E-state index contributed by atoms with van der Waals surface area (Å²) in [6.45, 7) is 0. The van der Waals surface area contributed by atoms with Gasteiger partial charge in [0, 0.05) is 6.07 Å². The lowest BCUT2D eigenvalue weighted by atomic mass is 9.92. The highest BCUT2D eigenvalue weighted by Crippen LogP contribution is 2.33. The number of rotatable bonds is 4. The topological polar surface area (TPSA) is 98.5 Å². The fraction of sp³-hybridized carbons (Fsp3) is 0.125. The van der Waals surface area contributed by atoms with Gasteiger partial charge in [0.25, 0.3) is 11.6 Å². The van der Waals surface area contributed by atoms with Crippen molar-refractivity contribution in [1.29, 1.82) is 0 Å². The standard InChI is InChI=1S/C16H12N2O5/c19-15-14(23-16(20)10-6-2-1-3-7-10)13(17-15)11-8-4-5-9-12(11)18(21)22/h1-9,13-14H,(H,17,19)/t13-,14-/m0/s1. The van der Waals surface area contributed by atoms with Crippen molar-refractivity contribution in [3.63, 3.8) is 0 Å². The maximum Gasteiger partial charge on any atom is 0.338 e. The molecule has 23 heavy (non-hydrogen) atoms. The number of nitrogens with one attached hydrogen (secondary N) is 1. The van der Waals surface area contributed by atoms with E-state index in [-0.39, 0.29) is 5.69 Å². The highest BCUT2D eigenvalue weighted by Gasteiger charge is 2.46. The lowest BCUT2D eigenvalue weighted by Crippen LogP contribution is -2.57. The van der Waals surface area contributed by atoms with Crippen LogP contribution in [0, 0.1) is 10.1 Å². The van der Waals surface area contributed by atoms with Crippen LogP contribution < -0.4 is 5.32 Å². The molecule has 2 atom stereocenters. The number of ether oxygens (including phenoxy) is 1. The maximum atomic E-state index is 12.1. The van der Waals surface area contributed by atoms with Gasteiger partial charge in [-0.3, -0.25) is 14.9 Å². The Bertz CT molecular complexity index is 775. The molecule has 7 heteroatoms. The highest BCUT2D eigenvalue weighted by molar-refractivity contribution is 5.95. The Kier molecular flexibility index (Phi) is 3.76. The molecule has 1 heterocycles. The van der Waals surface area contributed by atoms with Crippen molar-refractivity contribution < 1.29 is 19.2 Å². The first-order chi connectivity index (χ1) is 11.1. The van der Waals surface area contributed by atoms with Crippen LogP contribution in [0.4, 0.5) is 5.69 Å². The number of carbonyl (C=O) groups is 2. The number of benzene rings is 2. The smallest absolute Gasteiger partial charge is 0.338 e. The Hall–Kier alpha value is -3.22. The molecule has 1 saturated heterocycles. The SMILES string of the molecule is O=C(O[C@@H]1C(=O)N[C@H]1c1ccccc1[N+](=O)[O-])c1ccccc1. The van der Waals surface area contributed by atoms with E-state index in [0.717, 1.165) is 0 Å². The Morgan fingerprint density at radius 3 is 2.39 bits per heavy atom. The predicted molar refractivity (Wildman–Crippen MR) is 79.6 cm³/mol. The van der Waals surface area contributed by atoms with Gasteiger partial charge >= 0.3 is 5.97 Å². The molecular weight excluding hydrogens is 300 g/mol. The van der Waals surface area contributed by atoms with Gasteiger partial charge in [0.1, 0.15) is 6.04 Å². The van der Waals surface area contributed by atoms with E-state index in [1.165, 1.54) is 18.2 Å². The second kappa shape index (κ2) is 5.88. The zero-order valence-electron chi connectivity index (χ0n) is 11.8. The molecule has 1 aliphatic heterocycles. The van der Waals surface area contributed by atoms with Crippen LogP contribution in [0.2, 0.25) is 0 Å². The number of nitrogens with zero attached hydrogens (tertiary/aromatic N) is 1. The Morgan fingerprint density at radius 1 is 1.09 bits per heavy atom. The molecule has 116 valence electrons. The molecule has 1 amide bonds. The van der Waals surface area contributed by atoms with Crippen LogP contribution in [-0.4, -0.2) is 22.9 Å². The Balaban J connectivity index is 1.82. The van der Waals surface area contributed by atoms with Crippen molar-refractivity contribution in [2.24, 2.45) is 0 Å². The van der Waals surface area contributed by atoms with E-state index in [9.17, 15) is 19.7 Å². The molecular formula is C16H12N2O5. The summed E-state index contributed by atoms with van der Waals surface area (Å²) < 4.78 is 5.21. The molecule has 1 N–H and O–H groups in total. The summed E-state index contributed by atoms with van der Waals surface area (Å²) in [5.41, 5.74) is 0.495. The summed E-state index contributed by atoms with van der Waals surface area (Å²) >= 11 is 0. The second-order valence-electron chi connectivity index (χ2n) is 4.99. The number of hydrogen-bond acceptors (Lipinski definition) is 5. The summed E-state index contributed by atoms with van der Waals surface area (Å²) in [5, 5.41) is 13.6. The zero-order chi connectivity index (χ0) is 16.4. The van der Waals surface area contributed by atoms with E-state index in [1.54, 1.807) is 36.4 Å². The van der Waals surface area contributed by atoms with Crippen LogP contribution in [0.1, 0.15) is 22.0 Å². The van der Waals surface area contributed by atoms with E-state index in [0.29, 0.717) is 11.1 Å². The van der Waals surface area contributed by atoms with Gasteiger partial charge in [0.2, 0.25) is 6.10 Å². The van der Waals surface area contributed by atoms with Crippen molar-refractivity contribution in [2.45, 2.75) is 12.1 Å². The summed E-state index contributed by atoms with van der Waals surface area (Å²) in [7, 11) is 0. The third-order valence-electron chi connectivity index (χ3n) is 3.57. The summed E-state index contributed by atoms with van der Waals surface area (Å²) in [5.74, 6) is -1.12. The molecule has 2 aromatic carbocycles. The third-order valence-corrected chi connectivity index (χ3v) is 3.57. The van der Waals surface area contributed by atoms with Gasteiger partial charge in [-0.15, -0.1) is 0 Å². The summed E-state index contributed by atoms with van der Waals surface area (Å²) in [6, 6.07) is 13.6. The maximum absolute atomic E-state index is 12.1. The van der Waals surface area contributed by atoms with Crippen LogP contribution >= 0.6 is 0 Å². The number of β-lactam (4-membered cyclic amide) rings is 1. The molecule has 0 bridgehead atoms. The van der Waals surface area contributed by atoms with Gasteiger partial charge in [0.15, 0.2) is 0 Å². The van der Waals surface area contributed by atoms with E-state index in [1.807, 2.05) is 0 Å². The van der Waals surface area contributed by atoms with Crippen LogP contribution in [0.25, 0.3) is 0 Å². The molecule has 2 aromatic rings. The quantitative estimate of drug-likeness (QED) is 0.403. The molecule has 0 spiro atoms. The first-order valence-electron chi connectivity index (χ1n) is 6.87.